The van der Waals surface area contributed by atoms with Gasteiger partial charge in [-0.3, -0.25) is 4.79 Å². The normalized spacial score (nSPS) is 24.1. The van der Waals surface area contributed by atoms with E-state index in [1.807, 2.05) is 33.8 Å². The second-order valence-electron chi connectivity index (χ2n) is 6.93. The fourth-order valence-electron chi connectivity index (χ4n) is 3.12. The summed E-state index contributed by atoms with van der Waals surface area (Å²) < 4.78 is 0. The van der Waals surface area contributed by atoms with Gasteiger partial charge in [0.05, 0.1) is 6.10 Å². The number of carbonyl (C=O) groups is 1. The summed E-state index contributed by atoms with van der Waals surface area (Å²) in [5.41, 5.74) is 0.539. The van der Waals surface area contributed by atoms with Gasteiger partial charge in [0.15, 0.2) is 5.78 Å². The van der Waals surface area contributed by atoms with Gasteiger partial charge in [-0.1, -0.05) is 33.8 Å². The Kier molecular flexibility index (Phi) is 3.51. The van der Waals surface area contributed by atoms with Gasteiger partial charge in [-0.2, -0.15) is 0 Å². The van der Waals surface area contributed by atoms with Gasteiger partial charge in [0, 0.05) is 11.0 Å². The first-order valence-electron chi connectivity index (χ1n) is 6.87. The maximum Gasteiger partial charge on any atom is 0.188 e. The molecule has 0 aromatic heterocycles. The van der Waals surface area contributed by atoms with E-state index >= 15 is 0 Å². The summed E-state index contributed by atoms with van der Waals surface area (Å²) in [6, 6.07) is 6.29. The maximum atomic E-state index is 12.6. The Morgan fingerprint density at radius 1 is 1.15 bits per heavy atom. The van der Waals surface area contributed by atoms with E-state index in [0.717, 1.165) is 5.57 Å². The molecule has 0 heterocycles. The van der Waals surface area contributed by atoms with E-state index in [1.54, 1.807) is 12.1 Å². The van der Waals surface area contributed by atoms with Crippen molar-refractivity contribution in [3.8, 4) is 5.75 Å². The van der Waals surface area contributed by atoms with Crippen molar-refractivity contribution in [2.24, 2.45) is 10.8 Å². The highest BCUT2D eigenvalue weighted by Crippen LogP contribution is 2.45. The van der Waals surface area contributed by atoms with Crippen LogP contribution in [-0.2, 0) is 0 Å². The monoisotopic (exact) mass is 274 g/mol. The van der Waals surface area contributed by atoms with Crippen LogP contribution in [0.25, 0.3) is 0 Å². The summed E-state index contributed by atoms with van der Waals surface area (Å²) in [4.78, 5) is 12.6. The third kappa shape index (κ3) is 2.63. The molecule has 1 aromatic rings. The van der Waals surface area contributed by atoms with Crippen molar-refractivity contribution in [1.82, 2.24) is 0 Å². The van der Waals surface area contributed by atoms with E-state index in [4.69, 9.17) is 0 Å². The lowest BCUT2D eigenvalue weighted by Gasteiger charge is -2.44. The van der Waals surface area contributed by atoms with Crippen LogP contribution >= 0.6 is 0 Å². The topological polar surface area (TPSA) is 57.5 Å². The van der Waals surface area contributed by atoms with Crippen LogP contribution < -0.4 is 0 Å². The van der Waals surface area contributed by atoms with Crippen molar-refractivity contribution >= 4 is 5.78 Å². The highest BCUT2D eigenvalue weighted by Gasteiger charge is 2.43. The number of hydrogen-bond donors (Lipinski definition) is 2. The van der Waals surface area contributed by atoms with Crippen LogP contribution in [0.4, 0.5) is 0 Å². The van der Waals surface area contributed by atoms with Crippen LogP contribution in [0.1, 0.15) is 44.5 Å². The fraction of sp³-hybridized carbons (Fsp3) is 0.471. The standard InChI is InChI=1S/C17H22O3/c1-16(2)9-12(10-17(3,4)15(16)20)14(19)11-5-7-13(18)8-6-11/h5-9,15,18,20H,10H2,1-4H3. The van der Waals surface area contributed by atoms with E-state index in [-0.39, 0.29) is 16.9 Å². The smallest absolute Gasteiger partial charge is 0.188 e. The molecule has 2 rings (SSSR count). The van der Waals surface area contributed by atoms with Gasteiger partial charge in [0.25, 0.3) is 0 Å². The van der Waals surface area contributed by atoms with E-state index in [0.29, 0.717) is 12.0 Å². The molecule has 3 nitrogen and oxygen atoms in total. The molecular formula is C17H22O3. The quantitative estimate of drug-likeness (QED) is 0.813. The zero-order valence-corrected chi connectivity index (χ0v) is 12.5. The molecule has 20 heavy (non-hydrogen) atoms. The molecule has 0 fully saturated rings. The van der Waals surface area contributed by atoms with Gasteiger partial charge >= 0.3 is 0 Å². The molecule has 2 N–H and O–H groups in total. The number of ketones is 1. The Bertz CT molecular complexity index is 550. The number of phenols is 1. The van der Waals surface area contributed by atoms with Crippen molar-refractivity contribution in [2.75, 3.05) is 0 Å². The Labute approximate surface area is 120 Å². The van der Waals surface area contributed by atoms with E-state index in [9.17, 15) is 15.0 Å². The van der Waals surface area contributed by atoms with Crippen molar-refractivity contribution in [1.29, 1.82) is 0 Å². The summed E-state index contributed by atoms with van der Waals surface area (Å²) in [6.45, 7) is 7.86. The zero-order chi connectivity index (χ0) is 15.1. The third-order valence-corrected chi connectivity index (χ3v) is 4.06. The lowest BCUT2D eigenvalue weighted by Crippen LogP contribution is -2.44. The molecule has 108 valence electrons. The Hall–Kier alpha value is -1.61. The predicted octanol–water partition coefficient (Wildman–Crippen LogP) is 3.32. The molecule has 3 heteroatoms. The Morgan fingerprint density at radius 2 is 1.70 bits per heavy atom. The predicted molar refractivity (Wildman–Crippen MR) is 78.7 cm³/mol. The summed E-state index contributed by atoms with van der Waals surface area (Å²) >= 11 is 0. The van der Waals surface area contributed by atoms with Crippen LogP contribution in [0.3, 0.4) is 0 Å². The summed E-state index contributed by atoms with van der Waals surface area (Å²) in [5, 5.41) is 19.7. The average Bonchev–Trinajstić information content (AvgIpc) is 2.35. The molecule has 0 spiro atoms. The third-order valence-electron chi connectivity index (χ3n) is 4.06. The number of hydrogen-bond acceptors (Lipinski definition) is 3. The van der Waals surface area contributed by atoms with E-state index in [2.05, 4.69) is 0 Å². The second-order valence-corrected chi connectivity index (χ2v) is 6.93. The molecule has 1 aromatic carbocycles. The highest BCUT2D eigenvalue weighted by molar-refractivity contribution is 6.09. The highest BCUT2D eigenvalue weighted by atomic mass is 16.3. The largest absolute Gasteiger partial charge is 0.508 e. The molecule has 0 aliphatic heterocycles. The Morgan fingerprint density at radius 3 is 2.20 bits per heavy atom. The molecule has 1 atom stereocenters. The van der Waals surface area contributed by atoms with Crippen LogP contribution in [0.2, 0.25) is 0 Å². The van der Waals surface area contributed by atoms with Gasteiger partial charge in [-0.25, -0.2) is 0 Å². The SMILES string of the molecule is CC1(C)C=C(C(=O)c2ccc(O)cc2)CC(C)(C)C1O. The number of benzene rings is 1. The minimum absolute atomic E-state index is 0.0296. The number of carbonyl (C=O) groups excluding carboxylic acids is 1. The van der Waals surface area contributed by atoms with Crippen LogP contribution in [-0.4, -0.2) is 22.1 Å². The fourth-order valence-corrected chi connectivity index (χ4v) is 3.12. The molecule has 1 unspecified atom stereocenters. The molecule has 1 aliphatic rings. The van der Waals surface area contributed by atoms with Gasteiger partial charge < -0.3 is 10.2 Å². The van der Waals surface area contributed by atoms with E-state index in [1.165, 1.54) is 12.1 Å². The molecule has 0 saturated heterocycles. The van der Waals surface area contributed by atoms with Crippen molar-refractivity contribution in [3.05, 3.63) is 41.5 Å². The first kappa shape index (κ1) is 14.8. The van der Waals surface area contributed by atoms with Gasteiger partial charge in [-0.15, -0.1) is 0 Å². The zero-order valence-electron chi connectivity index (χ0n) is 12.5. The van der Waals surface area contributed by atoms with Gasteiger partial charge in [0.2, 0.25) is 0 Å². The maximum absolute atomic E-state index is 12.6. The van der Waals surface area contributed by atoms with Crippen LogP contribution in [0.5, 0.6) is 5.75 Å². The number of aliphatic hydroxyl groups excluding tert-OH is 1. The number of aromatic hydroxyl groups is 1. The summed E-state index contributed by atoms with van der Waals surface area (Å²) in [6.07, 6.45) is 1.96. The van der Waals surface area contributed by atoms with Crippen molar-refractivity contribution < 1.29 is 15.0 Å². The number of Topliss-reactive ketones (excluding diaryl/α,β-unsaturated/α-hetero) is 1. The molecule has 1 aliphatic carbocycles. The number of aliphatic hydroxyl groups is 1. The minimum atomic E-state index is -0.480. The average molecular weight is 274 g/mol. The molecular weight excluding hydrogens is 252 g/mol. The molecule has 0 saturated carbocycles. The summed E-state index contributed by atoms with van der Waals surface area (Å²) in [5.74, 6) is 0.119. The van der Waals surface area contributed by atoms with Crippen LogP contribution in [0.15, 0.2) is 35.9 Å². The Balaban J connectivity index is 2.37. The molecule has 0 amide bonds. The lowest BCUT2D eigenvalue weighted by atomic mass is 9.63. The first-order valence-corrected chi connectivity index (χ1v) is 6.87. The van der Waals surface area contributed by atoms with Gasteiger partial charge in [-0.05, 0) is 41.7 Å². The number of rotatable bonds is 2. The minimum Gasteiger partial charge on any atom is -0.508 e. The molecule has 0 radical (unpaired) electrons. The molecule has 0 bridgehead atoms. The summed E-state index contributed by atoms with van der Waals surface area (Å²) in [7, 11) is 0. The van der Waals surface area contributed by atoms with Crippen molar-refractivity contribution in [2.45, 2.75) is 40.2 Å². The first-order chi connectivity index (χ1) is 9.13. The number of allylic oxidation sites excluding steroid dienone is 1. The van der Waals surface area contributed by atoms with Gasteiger partial charge in [0.1, 0.15) is 5.75 Å². The van der Waals surface area contributed by atoms with Crippen LogP contribution in [0, 0.1) is 10.8 Å². The second kappa shape index (κ2) is 4.74. The van der Waals surface area contributed by atoms with Crippen molar-refractivity contribution in [3.63, 3.8) is 0 Å². The van der Waals surface area contributed by atoms with E-state index < -0.39 is 11.5 Å². The number of phenolic OH excluding ortho intramolecular Hbond substituents is 1. The lowest BCUT2D eigenvalue weighted by molar-refractivity contribution is -0.0274.